The molecule has 0 N–H and O–H groups in total. The Balaban J connectivity index is 3.08. The SMILES string of the molecule is COC(=O)c1cc(S)cc(CF)c1. The largest absolute Gasteiger partial charge is 0.465 e. The van der Waals surface area contributed by atoms with Gasteiger partial charge in [-0.3, -0.25) is 0 Å². The van der Waals surface area contributed by atoms with Crippen molar-refractivity contribution in [1.82, 2.24) is 0 Å². The molecule has 2 nitrogen and oxygen atoms in total. The Morgan fingerprint density at radius 1 is 1.54 bits per heavy atom. The van der Waals surface area contributed by atoms with Gasteiger partial charge in [0.15, 0.2) is 0 Å². The summed E-state index contributed by atoms with van der Waals surface area (Å²) in [5, 5.41) is 0. The number of methoxy groups -OCH3 is 1. The lowest BCUT2D eigenvalue weighted by Gasteiger charge is -2.02. The first-order valence-corrected chi connectivity index (χ1v) is 4.09. The van der Waals surface area contributed by atoms with Crippen molar-refractivity contribution >= 4 is 18.6 Å². The Bertz CT molecular complexity index is 325. The highest BCUT2D eigenvalue weighted by atomic mass is 32.1. The van der Waals surface area contributed by atoms with E-state index in [9.17, 15) is 9.18 Å². The molecule has 70 valence electrons. The van der Waals surface area contributed by atoms with Crippen LogP contribution in [0.2, 0.25) is 0 Å². The molecule has 0 bridgehead atoms. The number of rotatable bonds is 2. The van der Waals surface area contributed by atoms with Crippen molar-refractivity contribution in [2.24, 2.45) is 0 Å². The monoisotopic (exact) mass is 200 g/mol. The number of esters is 1. The molecule has 0 atom stereocenters. The number of hydrogen-bond donors (Lipinski definition) is 1. The summed E-state index contributed by atoms with van der Waals surface area (Å²) in [7, 11) is 1.28. The average molecular weight is 200 g/mol. The molecule has 0 heterocycles. The molecule has 0 amide bonds. The molecule has 0 spiro atoms. The maximum absolute atomic E-state index is 12.3. The van der Waals surface area contributed by atoms with Crippen LogP contribution >= 0.6 is 12.6 Å². The Morgan fingerprint density at radius 3 is 2.77 bits per heavy atom. The number of thiol groups is 1. The van der Waals surface area contributed by atoms with E-state index in [0.29, 0.717) is 16.0 Å². The number of ether oxygens (including phenoxy) is 1. The van der Waals surface area contributed by atoms with E-state index in [4.69, 9.17) is 0 Å². The van der Waals surface area contributed by atoms with E-state index in [-0.39, 0.29) is 0 Å². The normalized spacial score (nSPS) is 9.77. The van der Waals surface area contributed by atoms with Crippen molar-refractivity contribution in [1.29, 1.82) is 0 Å². The van der Waals surface area contributed by atoms with Gasteiger partial charge in [0.05, 0.1) is 12.7 Å². The summed E-state index contributed by atoms with van der Waals surface area (Å²) in [4.78, 5) is 11.6. The third-order valence-electron chi connectivity index (χ3n) is 1.55. The molecule has 4 heteroatoms. The van der Waals surface area contributed by atoms with Crippen molar-refractivity contribution in [2.75, 3.05) is 7.11 Å². The van der Waals surface area contributed by atoms with E-state index in [0.717, 1.165) is 0 Å². The molecule has 1 aromatic rings. The molecule has 1 rings (SSSR count). The second-order valence-corrected chi connectivity index (χ2v) is 3.03. The van der Waals surface area contributed by atoms with Crippen molar-refractivity contribution < 1.29 is 13.9 Å². The Kier molecular flexibility index (Phi) is 3.31. The van der Waals surface area contributed by atoms with E-state index >= 15 is 0 Å². The highest BCUT2D eigenvalue weighted by molar-refractivity contribution is 7.80. The zero-order valence-electron chi connectivity index (χ0n) is 7.08. The fourth-order valence-electron chi connectivity index (χ4n) is 0.987. The van der Waals surface area contributed by atoms with Gasteiger partial charge in [-0.05, 0) is 23.8 Å². The first-order valence-electron chi connectivity index (χ1n) is 3.64. The van der Waals surface area contributed by atoms with E-state index in [1.54, 1.807) is 6.07 Å². The highest BCUT2D eigenvalue weighted by Crippen LogP contribution is 2.15. The maximum atomic E-state index is 12.3. The van der Waals surface area contributed by atoms with Crippen LogP contribution < -0.4 is 0 Å². The summed E-state index contributed by atoms with van der Waals surface area (Å²) in [6, 6.07) is 4.55. The number of halogens is 1. The Hall–Kier alpha value is -1.03. The van der Waals surface area contributed by atoms with Gasteiger partial charge < -0.3 is 4.74 Å². The molecule has 0 aliphatic carbocycles. The standard InChI is InChI=1S/C9H9FO2S/c1-12-9(11)7-2-6(5-10)3-8(13)4-7/h2-4,13H,5H2,1H3. The first-order chi connectivity index (χ1) is 6.17. The van der Waals surface area contributed by atoms with Crippen molar-refractivity contribution in [3.8, 4) is 0 Å². The summed E-state index contributed by atoms with van der Waals surface area (Å²) < 4.78 is 16.8. The lowest BCUT2D eigenvalue weighted by Crippen LogP contribution is -2.01. The average Bonchev–Trinajstić information content (AvgIpc) is 2.15. The molecule has 0 aromatic heterocycles. The molecule has 0 radical (unpaired) electrons. The summed E-state index contributed by atoms with van der Waals surface area (Å²) in [5.41, 5.74) is 0.746. The van der Waals surface area contributed by atoms with Crippen LogP contribution in [0.25, 0.3) is 0 Å². The van der Waals surface area contributed by atoms with Gasteiger partial charge in [-0.1, -0.05) is 0 Å². The van der Waals surface area contributed by atoms with Crippen LogP contribution in [0, 0.1) is 0 Å². The molecule has 1 aromatic carbocycles. The van der Waals surface area contributed by atoms with Crippen molar-refractivity contribution in [2.45, 2.75) is 11.6 Å². The molecule has 0 fully saturated rings. The Morgan fingerprint density at radius 2 is 2.23 bits per heavy atom. The van der Waals surface area contributed by atoms with Gasteiger partial charge in [0.2, 0.25) is 0 Å². The minimum Gasteiger partial charge on any atom is -0.465 e. The number of alkyl halides is 1. The molecule has 13 heavy (non-hydrogen) atoms. The van der Waals surface area contributed by atoms with E-state index < -0.39 is 12.6 Å². The van der Waals surface area contributed by atoms with Crippen LogP contribution in [-0.4, -0.2) is 13.1 Å². The first kappa shape index (κ1) is 10.1. The second kappa shape index (κ2) is 4.28. The summed E-state index contributed by atoms with van der Waals surface area (Å²) in [6.45, 7) is -0.613. The second-order valence-electron chi connectivity index (χ2n) is 2.51. The van der Waals surface area contributed by atoms with Crippen LogP contribution in [0.4, 0.5) is 4.39 Å². The van der Waals surface area contributed by atoms with Gasteiger partial charge in [0, 0.05) is 4.90 Å². The lowest BCUT2D eigenvalue weighted by atomic mass is 10.1. The van der Waals surface area contributed by atoms with Gasteiger partial charge in [0.25, 0.3) is 0 Å². The number of benzene rings is 1. The quantitative estimate of drug-likeness (QED) is 0.585. The molecule has 0 aliphatic heterocycles. The number of carbonyl (C=O) groups excluding carboxylic acids is 1. The molecule has 0 saturated heterocycles. The van der Waals surface area contributed by atoms with E-state index in [1.807, 2.05) is 0 Å². The minimum atomic E-state index is -0.613. The van der Waals surface area contributed by atoms with Crippen LogP contribution in [-0.2, 0) is 11.4 Å². The van der Waals surface area contributed by atoms with Crippen molar-refractivity contribution in [3.63, 3.8) is 0 Å². The number of carbonyl (C=O) groups is 1. The number of hydrogen-bond acceptors (Lipinski definition) is 3. The maximum Gasteiger partial charge on any atom is 0.337 e. The van der Waals surface area contributed by atoms with E-state index in [1.165, 1.54) is 19.2 Å². The molecular formula is C9H9FO2S. The predicted molar refractivity (Wildman–Crippen MR) is 49.8 cm³/mol. The predicted octanol–water partition coefficient (Wildman–Crippen LogP) is 2.23. The Labute approximate surface area is 81.1 Å². The smallest absolute Gasteiger partial charge is 0.337 e. The summed E-state index contributed by atoms with van der Waals surface area (Å²) in [5.74, 6) is -0.481. The minimum absolute atomic E-state index is 0.322. The van der Waals surface area contributed by atoms with Crippen molar-refractivity contribution in [3.05, 3.63) is 29.3 Å². The molecule has 0 aliphatic rings. The summed E-state index contributed by atoms with van der Waals surface area (Å²) in [6.07, 6.45) is 0. The van der Waals surface area contributed by atoms with Crippen LogP contribution in [0.1, 0.15) is 15.9 Å². The van der Waals surface area contributed by atoms with Gasteiger partial charge in [-0.2, -0.15) is 0 Å². The van der Waals surface area contributed by atoms with Gasteiger partial charge in [0.1, 0.15) is 6.67 Å². The molecular weight excluding hydrogens is 191 g/mol. The third-order valence-corrected chi connectivity index (χ3v) is 1.81. The zero-order chi connectivity index (χ0) is 9.84. The lowest BCUT2D eigenvalue weighted by molar-refractivity contribution is 0.0600. The third kappa shape index (κ3) is 2.45. The van der Waals surface area contributed by atoms with Crippen LogP contribution in [0.5, 0.6) is 0 Å². The topological polar surface area (TPSA) is 26.3 Å². The van der Waals surface area contributed by atoms with E-state index in [2.05, 4.69) is 17.4 Å². The van der Waals surface area contributed by atoms with Crippen LogP contribution in [0.3, 0.4) is 0 Å². The van der Waals surface area contributed by atoms with Gasteiger partial charge >= 0.3 is 5.97 Å². The molecule has 0 saturated carbocycles. The van der Waals surface area contributed by atoms with Crippen LogP contribution in [0.15, 0.2) is 23.1 Å². The highest BCUT2D eigenvalue weighted by Gasteiger charge is 2.07. The van der Waals surface area contributed by atoms with Gasteiger partial charge in [-0.25, -0.2) is 9.18 Å². The molecule has 0 unspecified atom stereocenters. The zero-order valence-corrected chi connectivity index (χ0v) is 7.98. The fraction of sp³-hybridized carbons (Fsp3) is 0.222. The fourth-order valence-corrected chi connectivity index (χ4v) is 1.29. The summed E-state index contributed by atoms with van der Waals surface area (Å²) >= 11 is 4.04. The van der Waals surface area contributed by atoms with Gasteiger partial charge in [-0.15, -0.1) is 12.6 Å².